The highest BCUT2D eigenvalue weighted by molar-refractivity contribution is 7.92. The van der Waals surface area contributed by atoms with Crippen molar-refractivity contribution >= 4 is 27.5 Å². The van der Waals surface area contributed by atoms with Gasteiger partial charge in [0.15, 0.2) is 0 Å². The number of aryl methyl sites for hydroxylation is 3. The van der Waals surface area contributed by atoms with Crippen molar-refractivity contribution in [3.8, 4) is 0 Å². The Morgan fingerprint density at radius 2 is 1.67 bits per heavy atom. The smallest absolute Gasteiger partial charge is 0.244 e. The van der Waals surface area contributed by atoms with Crippen molar-refractivity contribution in [1.29, 1.82) is 0 Å². The number of sulfonamides is 1. The molecule has 0 bridgehead atoms. The average Bonchev–Trinajstić information content (AvgIpc) is 2.82. The molecule has 1 aliphatic rings. The highest BCUT2D eigenvalue weighted by Crippen LogP contribution is 2.25. The summed E-state index contributed by atoms with van der Waals surface area (Å²) in [5, 5.41) is 3.12. The Kier molecular flexibility index (Phi) is 9.17. The molecule has 1 saturated carbocycles. The van der Waals surface area contributed by atoms with E-state index >= 15 is 0 Å². The Morgan fingerprint density at radius 1 is 1.00 bits per heavy atom. The van der Waals surface area contributed by atoms with Crippen LogP contribution in [0.15, 0.2) is 42.5 Å². The van der Waals surface area contributed by atoms with Gasteiger partial charge in [0, 0.05) is 12.6 Å². The summed E-state index contributed by atoms with van der Waals surface area (Å²) in [7, 11) is -3.75. The van der Waals surface area contributed by atoms with Crippen molar-refractivity contribution in [3.05, 3.63) is 64.7 Å². The molecule has 1 aliphatic carbocycles. The molecule has 0 saturated heterocycles. The van der Waals surface area contributed by atoms with Crippen molar-refractivity contribution in [1.82, 2.24) is 10.2 Å². The van der Waals surface area contributed by atoms with Crippen LogP contribution in [0, 0.1) is 20.8 Å². The first-order valence-corrected chi connectivity index (χ1v) is 14.5. The zero-order valence-corrected chi connectivity index (χ0v) is 22.9. The maximum Gasteiger partial charge on any atom is 0.244 e. The lowest BCUT2D eigenvalue weighted by Crippen LogP contribution is -2.53. The molecule has 0 unspecified atom stereocenters. The van der Waals surface area contributed by atoms with E-state index in [1.807, 2.05) is 57.2 Å². The van der Waals surface area contributed by atoms with Crippen molar-refractivity contribution in [2.45, 2.75) is 78.4 Å². The molecule has 0 aromatic heterocycles. The van der Waals surface area contributed by atoms with E-state index in [1.165, 1.54) is 11.3 Å². The van der Waals surface area contributed by atoms with Crippen LogP contribution in [-0.2, 0) is 26.2 Å². The summed E-state index contributed by atoms with van der Waals surface area (Å²) in [6.45, 7) is 7.28. The number of carbonyl (C=O) groups is 2. The van der Waals surface area contributed by atoms with Gasteiger partial charge < -0.3 is 10.2 Å². The second-order valence-electron chi connectivity index (χ2n) is 10.0. The first-order valence-electron chi connectivity index (χ1n) is 12.7. The van der Waals surface area contributed by atoms with Crippen molar-refractivity contribution < 1.29 is 18.0 Å². The van der Waals surface area contributed by atoms with E-state index in [4.69, 9.17) is 0 Å². The highest BCUT2D eigenvalue weighted by Gasteiger charge is 2.31. The first kappa shape index (κ1) is 27.7. The molecule has 0 radical (unpaired) electrons. The molecule has 2 aromatic carbocycles. The van der Waals surface area contributed by atoms with E-state index in [0.29, 0.717) is 5.69 Å². The normalized spacial score (nSPS) is 15.2. The molecule has 36 heavy (non-hydrogen) atoms. The van der Waals surface area contributed by atoms with Crippen LogP contribution in [0.1, 0.15) is 61.3 Å². The van der Waals surface area contributed by atoms with Crippen molar-refractivity contribution in [2.24, 2.45) is 0 Å². The van der Waals surface area contributed by atoms with Gasteiger partial charge in [0.2, 0.25) is 21.8 Å². The molecule has 2 aromatic rings. The highest BCUT2D eigenvalue weighted by atomic mass is 32.2. The molecule has 1 atom stereocenters. The molecule has 196 valence electrons. The van der Waals surface area contributed by atoms with Crippen LogP contribution in [0.5, 0.6) is 0 Å². The van der Waals surface area contributed by atoms with E-state index in [1.54, 1.807) is 13.0 Å². The number of nitrogens with zero attached hydrogens (tertiary/aromatic N) is 2. The molecule has 1 N–H and O–H groups in total. The second-order valence-corrected chi connectivity index (χ2v) is 11.9. The van der Waals surface area contributed by atoms with Gasteiger partial charge in [-0.25, -0.2) is 8.42 Å². The number of hydrogen-bond donors (Lipinski definition) is 1. The van der Waals surface area contributed by atoms with Crippen LogP contribution >= 0.6 is 0 Å². The van der Waals surface area contributed by atoms with Crippen LogP contribution in [0.25, 0.3) is 0 Å². The second kappa shape index (κ2) is 11.9. The molecule has 0 heterocycles. The van der Waals surface area contributed by atoms with Crippen LogP contribution in [-0.4, -0.2) is 50.0 Å². The minimum absolute atomic E-state index is 0.117. The lowest BCUT2D eigenvalue weighted by molar-refractivity contribution is -0.139. The van der Waals surface area contributed by atoms with Crippen LogP contribution in [0.2, 0.25) is 0 Å². The van der Waals surface area contributed by atoms with E-state index in [2.05, 4.69) is 5.32 Å². The molecule has 3 rings (SSSR count). The van der Waals surface area contributed by atoms with Crippen LogP contribution in [0.3, 0.4) is 0 Å². The summed E-state index contributed by atoms with van der Waals surface area (Å²) < 4.78 is 26.7. The molecule has 7 nitrogen and oxygen atoms in total. The third-order valence-electron chi connectivity index (χ3n) is 7.02. The third kappa shape index (κ3) is 7.09. The molecule has 0 aliphatic heterocycles. The maximum absolute atomic E-state index is 13.7. The molecule has 0 spiro atoms. The van der Waals surface area contributed by atoms with Gasteiger partial charge in [0.05, 0.1) is 11.9 Å². The Labute approximate surface area is 215 Å². The zero-order chi connectivity index (χ0) is 26.5. The summed E-state index contributed by atoms with van der Waals surface area (Å²) in [4.78, 5) is 28.5. The SMILES string of the molecule is Cc1ccc(N(CC(=O)N(Cc2ccccc2C)[C@@H](C)C(=O)NC2CCCCC2)S(C)(=O)=O)c(C)c1. The summed E-state index contributed by atoms with van der Waals surface area (Å²) >= 11 is 0. The Bertz CT molecular complexity index is 1190. The van der Waals surface area contributed by atoms with Crippen LogP contribution in [0.4, 0.5) is 5.69 Å². The van der Waals surface area contributed by atoms with Gasteiger partial charge in [0.25, 0.3) is 0 Å². The minimum Gasteiger partial charge on any atom is -0.352 e. The predicted molar refractivity (Wildman–Crippen MR) is 144 cm³/mol. The summed E-state index contributed by atoms with van der Waals surface area (Å²) in [6.07, 6.45) is 6.34. The Balaban J connectivity index is 1.90. The quantitative estimate of drug-likeness (QED) is 0.543. The number of anilines is 1. The Hall–Kier alpha value is -2.87. The van der Waals surface area contributed by atoms with Crippen LogP contribution < -0.4 is 9.62 Å². The van der Waals surface area contributed by atoms with Crippen molar-refractivity contribution in [2.75, 3.05) is 17.1 Å². The van der Waals surface area contributed by atoms with E-state index < -0.39 is 22.0 Å². The van der Waals surface area contributed by atoms with Gasteiger partial charge in [-0.1, -0.05) is 61.2 Å². The van der Waals surface area contributed by atoms with Gasteiger partial charge in [-0.3, -0.25) is 13.9 Å². The maximum atomic E-state index is 13.7. The molecule has 8 heteroatoms. The average molecular weight is 514 g/mol. The fourth-order valence-electron chi connectivity index (χ4n) is 4.80. The number of carbonyl (C=O) groups excluding carboxylic acids is 2. The molecule has 2 amide bonds. The summed E-state index contributed by atoms with van der Waals surface area (Å²) in [5.74, 6) is -0.629. The lowest BCUT2D eigenvalue weighted by atomic mass is 9.95. The molecular weight excluding hydrogens is 474 g/mol. The summed E-state index contributed by atoms with van der Waals surface area (Å²) in [6, 6.07) is 12.5. The number of amides is 2. The van der Waals surface area contributed by atoms with Gasteiger partial charge in [0.1, 0.15) is 12.6 Å². The third-order valence-corrected chi connectivity index (χ3v) is 8.15. The van der Waals surface area contributed by atoms with Gasteiger partial charge in [-0.05, 0) is 63.3 Å². The van der Waals surface area contributed by atoms with E-state index in [-0.39, 0.29) is 25.0 Å². The van der Waals surface area contributed by atoms with Gasteiger partial charge >= 0.3 is 0 Å². The summed E-state index contributed by atoms with van der Waals surface area (Å²) in [5.41, 5.74) is 4.16. The number of nitrogens with one attached hydrogen (secondary N) is 1. The monoisotopic (exact) mass is 513 g/mol. The fraction of sp³-hybridized carbons (Fsp3) is 0.500. The van der Waals surface area contributed by atoms with Gasteiger partial charge in [-0.15, -0.1) is 0 Å². The number of rotatable bonds is 9. The van der Waals surface area contributed by atoms with Crippen molar-refractivity contribution in [3.63, 3.8) is 0 Å². The standard InChI is InChI=1S/C28H39N3O4S/c1-20-15-16-26(22(3)17-20)31(36(5,34)35)19-27(32)30(18-24-12-10-9-11-21(24)2)23(4)28(33)29-25-13-7-6-8-14-25/h9-12,15-17,23,25H,6-8,13-14,18-19H2,1-5H3,(H,29,33)/t23-/m0/s1. The topological polar surface area (TPSA) is 86.8 Å². The lowest BCUT2D eigenvalue weighted by Gasteiger charge is -2.33. The van der Waals surface area contributed by atoms with E-state index in [9.17, 15) is 18.0 Å². The molecular formula is C28H39N3O4S. The first-order chi connectivity index (χ1) is 17.0. The number of hydrogen-bond acceptors (Lipinski definition) is 4. The zero-order valence-electron chi connectivity index (χ0n) is 22.1. The van der Waals surface area contributed by atoms with Gasteiger partial charge in [-0.2, -0.15) is 0 Å². The number of benzene rings is 2. The van der Waals surface area contributed by atoms with E-state index in [0.717, 1.165) is 58.5 Å². The predicted octanol–water partition coefficient (Wildman–Crippen LogP) is 4.24. The fourth-order valence-corrected chi connectivity index (χ4v) is 5.71. The molecule has 1 fully saturated rings. The Morgan fingerprint density at radius 3 is 2.28 bits per heavy atom. The minimum atomic E-state index is -3.75. The largest absolute Gasteiger partial charge is 0.352 e.